The summed E-state index contributed by atoms with van der Waals surface area (Å²) < 4.78 is 62.0. The number of halogens is 4. The van der Waals surface area contributed by atoms with Crippen molar-refractivity contribution in [2.45, 2.75) is 6.54 Å². The molecule has 0 amide bonds. The highest BCUT2D eigenvalue weighted by molar-refractivity contribution is 5.28. The third-order valence-electron chi connectivity index (χ3n) is 2.48. The zero-order chi connectivity index (χ0) is 14.5. The maximum Gasteiger partial charge on any atom is 0.203 e. The molecule has 0 aliphatic heterocycles. The molecular formula is C13H11F4NO2. The summed E-state index contributed by atoms with van der Waals surface area (Å²) in [5, 5.41) is 2.88. The number of hydrogen-bond acceptors (Lipinski definition) is 3. The van der Waals surface area contributed by atoms with E-state index >= 15 is 0 Å². The fourth-order valence-electron chi connectivity index (χ4n) is 1.53. The fourth-order valence-corrected chi connectivity index (χ4v) is 1.53. The smallest absolute Gasteiger partial charge is 0.203 e. The van der Waals surface area contributed by atoms with Gasteiger partial charge in [0.05, 0.1) is 12.8 Å². The summed E-state index contributed by atoms with van der Waals surface area (Å²) in [6.07, 6.45) is 1.51. The molecule has 0 unspecified atom stereocenters. The zero-order valence-corrected chi connectivity index (χ0v) is 10.3. The summed E-state index contributed by atoms with van der Waals surface area (Å²) in [7, 11) is 0. The minimum atomic E-state index is -1.55. The first-order chi connectivity index (χ1) is 9.59. The molecule has 2 aromatic rings. The minimum absolute atomic E-state index is 0.132. The monoisotopic (exact) mass is 289 g/mol. The molecule has 0 aliphatic rings. The molecule has 0 saturated carbocycles. The van der Waals surface area contributed by atoms with Crippen molar-refractivity contribution in [1.29, 1.82) is 0 Å². The Morgan fingerprint density at radius 3 is 2.40 bits per heavy atom. The molecule has 108 valence electrons. The number of benzene rings is 1. The van der Waals surface area contributed by atoms with Crippen LogP contribution in [-0.4, -0.2) is 13.2 Å². The average Bonchev–Trinajstić information content (AvgIpc) is 2.93. The SMILES string of the molecule is Fc1cc(F)c(F)c(OCCNCc2ccco2)c1F. The molecule has 0 radical (unpaired) electrons. The Bertz CT molecular complexity index is 546. The lowest BCUT2D eigenvalue weighted by Crippen LogP contribution is -2.21. The summed E-state index contributed by atoms with van der Waals surface area (Å²) in [5.74, 6) is -6.46. The van der Waals surface area contributed by atoms with E-state index in [2.05, 4.69) is 5.32 Å². The molecule has 0 spiro atoms. The predicted molar refractivity (Wildman–Crippen MR) is 62.2 cm³/mol. The molecule has 0 fully saturated rings. The van der Waals surface area contributed by atoms with Crippen molar-refractivity contribution < 1.29 is 26.7 Å². The van der Waals surface area contributed by atoms with E-state index in [1.54, 1.807) is 12.1 Å². The average molecular weight is 289 g/mol. The molecule has 1 heterocycles. The predicted octanol–water partition coefficient (Wildman–Crippen LogP) is 3.00. The van der Waals surface area contributed by atoms with Crippen molar-refractivity contribution in [2.75, 3.05) is 13.2 Å². The molecule has 3 nitrogen and oxygen atoms in total. The van der Waals surface area contributed by atoms with Crippen LogP contribution in [0.5, 0.6) is 5.75 Å². The normalized spacial score (nSPS) is 10.8. The lowest BCUT2D eigenvalue weighted by Gasteiger charge is -2.09. The molecule has 1 aromatic carbocycles. The standard InChI is InChI=1S/C13H11F4NO2/c14-9-6-10(15)12(17)13(11(9)16)20-5-3-18-7-8-2-1-4-19-8/h1-2,4,6,18H,3,5,7H2. The van der Waals surface area contributed by atoms with Crippen molar-refractivity contribution in [1.82, 2.24) is 5.32 Å². The van der Waals surface area contributed by atoms with Crippen LogP contribution < -0.4 is 10.1 Å². The Balaban J connectivity index is 1.85. The maximum atomic E-state index is 13.2. The van der Waals surface area contributed by atoms with E-state index in [1.165, 1.54) is 6.26 Å². The Labute approximate surface area is 112 Å². The van der Waals surface area contributed by atoms with E-state index in [0.717, 1.165) is 0 Å². The van der Waals surface area contributed by atoms with Gasteiger partial charge < -0.3 is 14.5 Å². The van der Waals surface area contributed by atoms with Crippen molar-refractivity contribution in [3.8, 4) is 5.75 Å². The van der Waals surface area contributed by atoms with Crippen molar-refractivity contribution in [3.63, 3.8) is 0 Å². The van der Waals surface area contributed by atoms with Gasteiger partial charge in [0.1, 0.15) is 12.4 Å². The number of nitrogens with one attached hydrogen (secondary N) is 1. The molecule has 0 atom stereocenters. The van der Waals surface area contributed by atoms with E-state index in [9.17, 15) is 17.6 Å². The van der Waals surface area contributed by atoms with Crippen LogP contribution in [0.1, 0.15) is 5.76 Å². The highest BCUT2D eigenvalue weighted by Crippen LogP contribution is 2.26. The summed E-state index contributed by atoms with van der Waals surface area (Å²) in [6.45, 7) is 0.466. The minimum Gasteiger partial charge on any atom is -0.486 e. The number of hydrogen-bond donors (Lipinski definition) is 1. The Hall–Kier alpha value is -2.02. The number of furan rings is 1. The summed E-state index contributed by atoms with van der Waals surface area (Å²) >= 11 is 0. The van der Waals surface area contributed by atoms with Crippen LogP contribution in [0.3, 0.4) is 0 Å². The van der Waals surface area contributed by atoms with Gasteiger partial charge in [-0.05, 0) is 12.1 Å². The number of rotatable bonds is 6. The molecule has 1 N–H and O–H groups in total. The number of ether oxygens (including phenoxy) is 1. The molecule has 0 bridgehead atoms. The van der Waals surface area contributed by atoms with Crippen LogP contribution in [0.2, 0.25) is 0 Å². The van der Waals surface area contributed by atoms with Crippen LogP contribution in [0, 0.1) is 23.3 Å². The lowest BCUT2D eigenvalue weighted by molar-refractivity contribution is 0.269. The first-order valence-corrected chi connectivity index (χ1v) is 5.78. The maximum absolute atomic E-state index is 13.2. The molecule has 1 aromatic heterocycles. The topological polar surface area (TPSA) is 34.4 Å². The van der Waals surface area contributed by atoms with Gasteiger partial charge in [0.15, 0.2) is 17.4 Å². The lowest BCUT2D eigenvalue weighted by atomic mass is 10.3. The Morgan fingerprint density at radius 1 is 1.10 bits per heavy atom. The highest BCUT2D eigenvalue weighted by atomic mass is 19.2. The van der Waals surface area contributed by atoms with Crippen LogP contribution in [0.4, 0.5) is 17.6 Å². The van der Waals surface area contributed by atoms with E-state index in [0.29, 0.717) is 12.3 Å². The second kappa shape index (κ2) is 6.42. The van der Waals surface area contributed by atoms with Gasteiger partial charge in [-0.15, -0.1) is 0 Å². The van der Waals surface area contributed by atoms with Gasteiger partial charge in [0.2, 0.25) is 11.6 Å². The second-order valence-corrected chi connectivity index (χ2v) is 3.90. The fraction of sp³-hybridized carbons (Fsp3) is 0.231. The summed E-state index contributed by atoms with van der Waals surface area (Å²) in [5.41, 5.74) is 0. The third kappa shape index (κ3) is 3.30. The second-order valence-electron chi connectivity index (χ2n) is 3.90. The molecule has 0 saturated heterocycles. The molecular weight excluding hydrogens is 278 g/mol. The Morgan fingerprint density at radius 2 is 1.80 bits per heavy atom. The van der Waals surface area contributed by atoms with Gasteiger partial charge in [-0.25, -0.2) is 8.78 Å². The molecule has 20 heavy (non-hydrogen) atoms. The van der Waals surface area contributed by atoms with Crippen LogP contribution >= 0.6 is 0 Å². The third-order valence-corrected chi connectivity index (χ3v) is 2.48. The van der Waals surface area contributed by atoms with Gasteiger partial charge in [-0.2, -0.15) is 8.78 Å². The van der Waals surface area contributed by atoms with Crippen LogP contribution in [0.25, 0.3) is 0 Å². The summed E-state index contributed by atoms with van der Waals surface area (Å²) in [6, 6.07) is 3.59. The van der Waals surface area contributed by atoms with Crippen LogP contribution in [-0.2, 0) is 6.54 Å². The van der Waals surface area contributed by atoms with E-state index in [1.807, 2.05) is 0 Å². The van der Waals surface area contributed by atoms with Crippen LogP contribution in [0.15, 0.2) is 28.9 Å². The van der Waals surface area contributed by atoms with Gasteiger partial charge in [0.25, 0.3) is 0 Å². The van der Waals surface area contributed by atoms with Crippen molar-refractivity contribution >= 4 is 0 Å². The molecule has 0 aliphatic carbocycles. The zero-order valence-electron chi connectivity index (χ0n) is 10.3. The first-order valence-electron chi connectivity index (χ1n) is 5.78. The van der Waals surface area contributed by atoms with Crippen molar-refractivity contribution in [3.05, 3.63) is 53.5 Å². The van der Waals surface area contributed by atoms with E-state index in [-0.39, 0.29) is 19.2 Å². The van der Waals surface area contributed by atoms with Gasteiger partial charge >= 0.3 is 0 Å². The Kier molecular flexibility index (Phi) is 4.62. The van der Waals surface area contributed by atoms with E-state index < -0.39 is 29.0 Å². The highest BCUT2D eigenvalue weighted by Gasteiger charge is 2.20. The largest absolute Gasteiger partial charge is 0.486 e. The quantitative estimate of drug-likeness (QED) is 0.504. The molecule has 2 rings (SSSR count). The summed E-state index contributed by atoms with van der Waals surface area (Å²) in [4.78, 5) is 0. The van der Waals surface area contributed by atoms with Gasteiger partial charge in [0, 0.05) is 12.6 Å². The van der Waals surface area contributed by atoms with Gasteiger partial charge in [-0.3, -0.25) is 0 Å². The van der Waals surface area contributed by atoms with E-state index in [4.69, 9.17) is 9.15 Å². The van der Waals surface area contributed by atoms with Gasteiger partial charge in [-0.1, -0.05) is 0 Å². The molecule has 7 heteroatoms. The van der Waals surface area contributed by atoms with Crippen molar-refractivity contribution in [2.24, 2.45) is 0 Å². The first kappa shape index (κ1) is 14.4.